The highest BCUT2D eigenvalue weighted by Gasteiger charge is 2.40. The zero-order chi connectivity index (χ0) is 33.3. The predicted octanol–water partition coefficient (Wildman–Crippen LogP) is 5.49. The largest absolute Gasteiger partial charge is 0.484 e. The molecule has 1 saturated heterocycles. The summed E-state index contributed by atoms with van der Waals surface area (Å²) in [4.78, 5) is 37.2. The number of aliphatic hydroxyl groups excluding tert-OH is 1. The van der Waals surface area contributed by atoms with Crippen LogP contribution in [0.3, 0.4) is 0 Å². The number of aliphatic hydroxyl groups is 1. The number of amides is 2. The van der Waals surface area contributed by atoms with Crippen LogP contribution in [0.25, 0.3) is 5.65 Å². The number of carbonyl (C=O) groups excluding carboxylic acids is 2. The fraction of sp³-hybridized carbons (Fsp3) is 0.486. The maximum Gasteiger partial charge on any atom is 0.320 e. The summed E-state index contributed by atoms with van der Waals surface area (Å²) in [7, 11) is 2.13. The van der Waals surface area contributed by atoms with Gasteiger partial charge in [-0.2, -0.15) is 0 Å². The van der Waals surface area contributed by atoms with Crippen LogP contribution in [0.5, 0.6) is 5.75 Å². The summed E-state index contributed by atoms with van der Waals surface area (Å²) in [5.74, 6) is 1.65. The van der Waals surface area contributed by atoms with E-state index in [1.54, 1.807) is 6.07 Å². The van der Waals surface area contributed by atoms with Crippen LogP contribution in [0.15, 0.2) is 48.7 Å². The van der Waals surface area contributed by atoms with E-state index in [-0.39, 0.29) is 53.6 Å². The summed E-state index contributed by atoms with van der Waals surface area (Å²) in [6, 6.07) is 12.9. The molecule has 4 aromatic rings. The number of nitrogens with zero attached hydrogens (tertiary/aromatic N) is 6. The van der Waals surface area contributed by atoms with E-state index in [2.05, 4.69) is 49.7 Å². The van der Waals surface area contributed by atoms with Gasteiger partial charge in [-0.1, -0.05) is 45.0 Å². The molecule has 0 saturated carbocycles. The molecule has 0 bridgehead atoms. The number of carbonyl (C=O) groups is 2. The number of anilines is 1. The van der Waals surface area contributed by atoms with Gasteiger partial charge >= 0.3 is 6.03 Å². The van der Waals surface area contributed by atoms with Crippen molar-refractivity contribution >= 4 is 23.3 Å². The second-order valence-electron chi connectivity index (χ2n) is 13.8. The molecule has 3 aromatic heterocycles. The maximum atomic E-state index is 13.3. The monoisotopic (exact) mass is 640 g/mol. The minimum atomic E-state index is -0.424. The molecular weight excluding hydrogens is 596 g/mol. The summed E-state index contributed by atoms with van der Waals surface area (Å²) in [5, 5.41) is 24.1. The number of Topliss-reactive ketones (excluding diaryl/α,β-unsaturated/α-hetero) is 1. The number of urea groups is 1. The molecule has 1 fully saturated rings. The van der Waals surface area contributed by atoms with Crippen LogP contribution >= 0.6 is 0 Å². The van der Waals surface area contributed by atoms with Gasteiger partial charge in [0.1, 0.15) is 17.7 Å². The van der Waals surface area contributed by atoms with E-state index < -0.39 is 6.03 Å². The lowest BCUT2D eigenvalue weighted by molar-refractivity contribution is 0.0960. The first-order valence-electron chi connectivity index (χ1n) is 16.4. The van der Waals surface area contributed by atoms with E-state index in [9.17, 15) is 9.59 Å². The number of hydrogen-bond donors (Lipinski definition) is 3. The summed E-state index contributed by atoms with van der Waals surface area (Å²) in [5.41, 5.74) is 2.87. The molecular formula is C35H44N8O4. The Morgan fingerprint density at radius 1 is 1.09 bits per heavy atom. The summed E-state index contributed by atoms with van der Waals surface area (Å²) < 4.78 is 8.66. The number of nitrogens with one attached hydrogen (secondary N) is 2. The van der Waals surface area contributed by atoms with E-state index in [1.165, 1.54) is 0 Å². The van der Waals surface area contributed by atoms with Crippen molar-refractivity contribution in [1.82, 2.24) is 34.8 Å². The molecule has 12 heteroatoms. The zero-order valence-corrected chi connectivity index (χ0v) is 27.8. The van der Waals surface area contributed by atoms with Gasteiger partial charge in [-0.05, 0) is 75.9 Å². The van der Waals surface area contributed by atoms with Gasteiger partial charge in [0.25, 0.3) is 0 Å². The van der Waals surface area contributed by atoms with Gasteiger partial charge in [0.2, 0.25) is 0 Å². The molecule has 248 valence electrons. The Balaban J connectivity index is 1.18. The van der Waals surface area contributed by atoms with Crippen molar-refractivity contribution in [2.75, 3.05) is 25.5 Å². The van der Waals surface area contributed by atoms with Crippen LogP contribution in [0, 0.1) is 0 Å². The van der Waals surface area contributed by atoms with Crippen molar-refractivity contribution in [3.05, 3.63) is 77.1 Å². The molecule has 2 amide bonds. The van der Waals surface area contributed by atoms with Gasteiger partial charge in [-0.3, -0.25) is 19.4 Å². The minimum Gasteiger partial charge on any atom is -0.484 e. The van der Waals surface area contributed by atoms with Crippen LogP contribution in [0.4, 0.5) is 10.6 Å². The number of ketones is 1. The zero-order valence-electron chi connectivity index (χ0n) is 27.8. The highest BCUT2D eigenvalue weighted by molar-refractivity contribution is 5.94. The average Bonchev–Trinajstić information content (AvgIpc) is 3.63. The quantitative estimate of drug-likeness (QED) is 0.202. The van der Waals surface area contributed by atoms with Gasteiger partial charge in [0, 0.05) is 24.5 Å². The van der Waals surface area contributed by atoms with Crippen LogP contribution in [0.1, 0.15) is 112 Å². The third-order valence-electron chi connectivity index (χ3n) is 9.42. The second kappa shape index (κ2) is 13.0. The highest BCUT2D eigenvalue weighted by Crippen LogP contribution is 2.40. The molecule has 12 nitrogen and oxygen atoms in total. The lowest BCUT2D eigenvalue weighted by Crippen LogP contribution is -2.37. The summed E-state index contributed by atoms with van der Waals surface area (Å²) >= 11 is 0. The van der Waals surface area contributed by atoms with Crippen LogP contribution in [0.2, 0.25) is 0 Å². The van der Waals surface area contributed by atoms with E-state index >= 15 is 0 Å². The third-order valence-corrected chi connectivity index (χ3v) is 9.42. The average molecular weight is 641 g/mol. The number of benzene rings is 1. The lowest BCUT2D eigenvalue weighted by Gasteiger charge is -2.32. The van der Waals surface area contributed by atoms with E-state index in [4.69, 9.17) is 9.84 Å². The number of ether oxygens (including phenoxy) is 1. The number of hydrogen-bond acceptors (Lipinski definition) is 9. The Morgan fingerprint density at radius 3 is 2.60 bits per heavy atom. The van der Waals surface area contributed by atoms with Crippen molar-refractivity contribution in [3.63, 3.8) is 0 Å². The number of aromatic nitrogens is 5. The SMILES string of the molecule is CN1CCC[C@@]1(C)c1nnc2ccc(O[C@@H]3CC[C@H](NC(=O)Nc4cc(C(C)(C)C)nc(C(=O)CCCO)n4)c4ccccc43)cn12. The van der Waals surface area contributed by atoms with E-state index in [0.717, 1.165) is 47.7 Å². The van der Waals surface area contributed by atoms with E-state index in [0.29, 0.717) is 25.0 Å². The van der Waals surface area contributed by atoms with Gasteiger partial charge < -0.3 is 15.2 Å². The molecule has 47 heavy (non-hydrogen) atoms. The van der Waals surface area contributed by atoms with Gasteiger partial charge in [0.05, 0.1) is 23.5 Å². The first-order chi connectivity index (χ1) is 22.5. The van der Waals surface area contributed by atoms with Crippen molar-refractivity contribution in [1.29, 1.82) is 0 Å². The fourth-order valence-electron chi connectivity index (χ4n) is 6.56. The topological polar surface area (TPSA) is 147 Å². The molecule has 2 aliphatic rings. The molecule has 0 spiro atoms. The Bertz CT molecular complexity index is 1780. The molecule has 1 aliphatic heterocycles. The third kappa shape index (κ3) is 6.70. The van der Waals surface area contributed by atoms with Gasteiger partial charge in [-0.25, -0.2) is 14.8 Å². The number of rotatable bonds is 9. The maximum absolute atomic E-state index is 13.3. The van der Waals surface area contributed by atoms with Gasteiger partial charge in [0.15, 0.2) is 23.1 Å². The molecule has 3 N–H and O–H groups in total. The van der Waals surface area contributed by atoms with Crippen molar-refractivity contribution in [2.45, 2.75) is 89.3 Å². The molecule has 0 radical (unpaired) electrons. The number of fused-ring (bicyclic) bond motifs is 2. The first kappa shape index (κ1) is 32.5. The molecule has 4 heterocycles. The van der Waals surface area contributed by atoms with Gasteiger partial charge in [-0.15, -0.1) is 10.2 Å². The normalized spacial score (nSPS) is 21.4. The Morgan fingerprint density at radius 2 is 1.87 bits per heavy atom. The van der Waals surface area contributed by atoms with Crippen LogP contribution in [-0.4, -0.2) is 66.6 Å². The molecule has 3 atom stereocenters. The predicted molar refractivity (Wildman–Crippen MR) is 178 cm³/mol. The van der Waals surface area contributed by atoms with Crippen LogP contribution in [-0.2, 0) is 11.0 Å². The second-order valence-corrected chi connectivity index (χ2v) is 13.8. The van der Waals surface area contributed by atoms with E-state index in [1.807, 2.05) is 67.8 Å². The Kier molecular flexibility index (Phi) is 8.99. The van der Waals surface area contributed by atoms with Crippen molar-refractivity contribution in [3.8, 4) is 5.75 Å². The standard InChI is InChI=1S/C35H44N8O4/c1-34(2,3)28-20-29(38-31(37-28)26(45)12-8-19-44)39-33(46)36-25-14-15-27(24-11-7-6-10-23(24)25)47-22-13-16-30-40-41-32(43(30)21-22)35(4)17-9-18-42(35)5/h6-7,10-11,13,16,20-21,25,27,44H,8-9,12,14-15,17-19H2,1-5H3,(H2,36,37,38,39,46)/t25-,27+,35-/m0/s1. The number of likely N-dealkylation sites (tertiary alicyclic amines) is 1. The highest BCUT2D eigenvalue weighted by atomic mass is 16.5. The summed E-state index contributed by atoms with van der Waals surface area (Å²) in [6.45, 7) is 9.10. The molecule has 0 unspecified atom stereocenters. The Hall–Kier alpha value is -4.42. The van der Waals surface area contributed by atoms with Crippen LogP contribution < -0.4 is 15.4 Å². The minimum absolute atomic E-state index is 0.0327. The summed E-state index contributed by atoms with van der Waals surface area (Å²) in [6.07, 6.45) is 5.74. The molecule has 6 rings (SSSR count). The molecule has 1 aromatic carbocycles. The Labute approximate surface area is 275 Å². The molecule has 1 aliphatic carbocycles. The number of pyridine rings is 1. The lowest BCUT2D eigenvalue weighted by atomic mass is 9.85. The first-order valence-corrected chi connectivity index (χ1v) is 16.4. The fourth-order valence-corrected chi connectivity index (χ4v) is 6.56. The van der Waals surface area contributed by atoms with Crippen molar-refractivity contribution < 1.29 is 19.4 Å². The smallest absolute Gasteiger partial charge is 0.320 e. The van der Waals surface area contributed by atoms with Crippen molar-refractivity contribution in [2.24, 2.45) is 0 Å².